The van der Waals surface area contributed by atoms with Crippen LogP contribution in [0.2, 0.25) is 0 Å². The lowest BCUT2D eigenvalue weighted by atomic mass is 10.2. The van der Waals surface area contributed by atoms with Crippen LogP contribution >= 0.6 is 11.3 Å². The Balaban J connectivity index is 1.45. The van der Waals surface area contributed by atoms with Crippen molar-refractivity contribution in [3.8, 4) is 0 Å². The highest BCUT2D eigenvalue weighted by atomic mass is 32.1. The van der Waals surface area contributed by atoms with E-state index in [4.69, 9.17) is 0 Å². The zero-order valence-electron chi connectivity index (χ0n) is 12.8. The molecule has 1 heterocycles. The molecular weight excluding hydrogens is 284 g/mol. The fourth-order valence-corrected chi connectivity index (χ4v) is 3.50. The Bertz CT molecular complexity index is 496. The maximum Gasteiger partial charge on any atom is 0.315 e. The van der Waals surface area contributed by atoms with Crippen molar-refractivity contribution < 1.29 is 4.79 Å². The molecule has 2 saturated carbocycles. The Labute approximate surface area is 130 Å². The van der Waals surface area contributed by atoms with Crippen molar-refractivity contribution in [3.63, 3.8) is 0 Å². The van der Waals surface area contributed by atoms with Crippen LogP contribution in [0.3, 0.4) is 0 Å². The van der Waals surface area contributed by atoms with E-state index in [0.29, 0.717) is 12.5 Å². The van der Waals surface area contributed by atoms with E-state index in [2.05, 4.69) is 32.9 Å². The van der Waals surface area contributed by atoms with Crippen LogP contribution in [0.15, 0.2) is 5.38 Å². The summed E-state index contributed by atoms with van der Waals surface area (Å²) in [6.07, 6.45) is 4.98. The van der Waals surface area contributed by atoms with Crippen LogP contribution < -0.4 is 10.6 Å². The molecule has 1 atom stereocenters. The SMILES string of the molecule is Cc1csc([C@@H](NC(=O)NCCN(C)C2CC2)C2CC2)n1. The Morgan fingerprint density at radius 3 is 2.81 bits per heavy atom. The van der Waals surface area contributed by atoms with Gasteiger partial charge in [-0.3, -0.25) is 0 Å². The van der Waals surface area contributed by atoms with E-state index in [1.165, 1.54) is 25.7 Å². The molecule has 21 heavy (non-hydrogen) atoms. The molecule has 3 rings (SSSR count). The van der Waals surface area contributed by atoms with E-state index in [9.17, 15) is 4.79 Å². The second-order valence-corrected chi connectivity index (χ2v) is 7.14. The van der Waals surface area contributed by atoms with Crippen molar-refractivity contribution in [2.45, 2.75) is 44.7 Å². The van der Waals surface area contributed by atoms with Crippen molar-refractivity contribution >= 4 is 17.4 Å². The number of hydrogen-bond donors (Lipinski definition) is 2. The van der Waals surface area contributed by atoms with Gasteiger partial charge in [0.25, 0.3) is 0 Å². The second kappa shape index (κ2) is 6.32. The van der Waals surface area contributed by atoms with Crippen molar-refractivity contribution in [1.82, 2.24) is 20.5 Å². The van der Waals surface area contributed by atoms with Gasteiger partial charge in [0.15, 0.2) is 0 Å². The van der Waals surface area contributed by atoms with Crippen molar-refractivity contribution in [2.75, 3.05) is 20.1 Å². The summed E-state index contributed by atoms with van der Waals surface area (Å²) >= 11 is 1.65. The van der Waals surface area contributed by atoms with Gasteiger partial charge in [0, 0.05) is 30.2 Å². The van der Waals surface area contributed by atoms with Gasteiger partial charge in [-0.25, -0.2) is 9.78 Å². The van der Waals surface area contributed by atoms with E-state index >= 15 is 0 Å². The first-order valence-electron chi connectivity index (χ1n) is 7.80. The van der Waals surface area contributed by atoms with Crippen LogP contribution in [0.5, 0.6) is 0 Å². The molecule has 0 bridgehead atoms. The van der Waals surface area contributed by atoms with Gasteiger partial charge in [-0.05, 0) is 45.6 Å². The minimum atomic E-state index is -0.0658. The van der Waals surface area contributed by atoms with Crippen LogP contribution in [0.4, 0.5) is 4.79 Å². The van der Waals surface area contributed by atoms with Gasteiger partial charge in [-0.2, -0.15) is 0 Å². The number of likely N-dealkylation sites (N-methyl/N-ethyl adjacent to an activating group) is 1. The second-order valence-electron chi connectivity index (χ2n) is 6.25. The normalized spacial score (nSPS) is 19.6. The number of urea groups is 1. The molecule has 0 radical (unpaired) electrons. The Morgan fingerprint density at radius 1 is 1.48 bits per heavy atom. The molecule has 116 valence electrons. The van der Waals surface area contributed by atoms with Gasteiger partial charge >= 0.3 is 6.03 Å². The lowest BCUT2D eigenvalue weighted by molar-refractivity contribution is 0.232. The number of thiazole rings is 1. The molecule has 2 fully saturated rings. The topological polar surface area (TPSA) is 57.3 Å². The third kappa shape index (κ3) is 4.17. The fourth-order valence-electron chi connectivity index (χ4n) is 2.56. The summed E-state index contributed by atoms with van der Waals surface area (Å²) < 4.78 is 0. The highest BCUT2D eigenvalue weighted by Gasteiger charge is 2.35. The number of nitrogens with one attached hydrogen (secondary N) is 2. The number of nitrogens with zero attached hydrogens (tertiary/aromatic N) is 2. The van der Waals surface area contributed by atoms with E-state index < -0.39 is 0 Å². The molecular formula is C15H24N4OS. The van der Waals surface area contributed by atoms with Crippen molar-refractivity contribution in [1.29, 1.82) is 0 Å². The summed E-state index contributed by atoms with van der Waals surface area (Å²) in [5, 5.41) is 9.17. The number of carbonyl (C=O) groups excluding carboxylic acids is 1. The van der Waals surface area contributed by atoms with Gasteiger partial charge < -0.3 is 15.5 Å². The van der Waals surface area contributed by atoms with Crippen LogP contribution in [0, 0.1) is 12.8 Å². The lowest BCUT2D eigenvalue weighted by Gasteiger charge is -2.18. The van der Waals surface area contributed by atoms with Crippen LogP contribution in [0.1, 0.15) is 42.4 Å². The van der Waals surface area contributed by atoms with Gasteiger partial charge in [-0.15, -0.1) is 11.3 Å². The first-order chi connectivity index (χ1) is 10.1. The molecule has 0 unspecified atom stereocenters. The summed E-state index contributed by atoms with van der Waals surface area (Å²) in [5.41, 5.74) is 1.04. The smallest absolute Gasteiger partial charge is 0.315 e. The van der Waals surface area contributed by atoms with Crippen LogP contribution in [-0.2, 0) is 0 Å². The van der Waals surface area contributed by atoms with Gasteiger partial charge in [-0.1, -0.05) is 0 Å². The van der Waals surface area contributed by atoms with E-state index in [-0.39, 0.29) is 12.1 Å². The standard InChI is InChI=1S/C15H24N4OS/c1-10-9-21-14(17-10)13(11-3-4-11)18-15(20)16-7-8-19(2)12-5-6-12/h9,11-13H,3-8H2,1-2H3,(H2,16,18,20)/t13-/m0/s1. The van der Waals surface area contributed by atoms with E-state index in [1.54, 1.807) is 11.3 Å². The number of rotatable bonds is 7. The average molecular weight is 308 g/mol. The Hall–Kier alpha value is -1.14. The summed E-state index contributed by atoms with van der Waals surface area (Å²) in [7, 11) is 2.13. The van der Waals surface area contributed by atoms with Crippen molar-refractivity contribution in [3.05, 3.63) is 16.1 Å². The number of carbonyl (C=O) groups is 1. The summed E-state index contributed by atoms with van der Waals surface area (Å²) in [4.78, 5) is 18.9. The minimum absolute atomic E-state index is 0.0658. The molecule has 0 aliphatic heterocycles. The minimum Gasteiger partial charge on any atom is -0.337 e. The molecule has 5 nitrogen and oxygen atoms in total. The van der Waals surface area contributed by atoms with Crippen LogP contribution in [-0.4, -0.2) is 42.1 Å². The van der Waals surface area contributed by atoms with Gasteiger partial charge in [0.1, 0.15) is 5.01 Å². The average Bonchev–Trinajstić information content (AvgIpc) is 3.34. The number of aryl methyl sites for hydroxylation is 1. The van der Waals surface area contributed by atoms with E-state index in [0.717, 1.165) is 23.3 Å². The maximum atomic E-state index is 12.1. The molecule has 0 aromatic carbocycles. The zero-order valence-corrected chi connectivity index (χ0v) is 13.6. The molecule has 2 amide bonds. The largest absolute Gasteiger partial charge is 0.337 e. The third-order valence-corrected chi connectivity index (χ3v) is 5.25. The van der Waals surface area contributed by atoms with E-state index in [1.807, 2.05) is 6.92 Å². The Morgan fingerprint density at radius 2 is 2.24 bits per heavy atom. The zero-order chi connectivity index (χ0) is 14.8. The number of aromatic nitrogens is 1. The molecule has 1 aromatic rings. The molecule has 1 aromatic heterocycles. The first-order valence-corrected chi connectivity index (χ1v) is 8.68. The molecule has 2 N–H and O–H groups in total. The highest BCUT2D eigenvalue weighted by molar-refractivity contribution is 7.09. The maximum absolute atomic E-state index is 12.1. The highest BCUT2D eigenvalue weighted by Crippen LogP contribution is 2.41. The Kier molecular flexibility index (Phi) is 4.45. The number of hydrogen-bond acceptors (Lipinski definition) is 4. The predicted molar refractivity (Wildman–Crippen MR) is 84.5 cm³/mol. The lowest BCUT2D eigenvalue weighted by Crippen LogP contribution is -2.42. The van der Waals surface area contributed by atoms with Crippen LogP contribution in [0.25, 0.3) is 0 Å². The summed E-state index contributed by atoms with van der Waals surface area (Å²) in [5.74, 6) is 0.565. The fraction of sp³-hybridized carbons (Fsp3) is 0.733. The monoisotopic (exact) mass is 308 g/mol. The molecule has 2 aliphatic carbocycles. The summed E-state index contributed by atoms with van der Waals surface area (Å²) in [6, 6.07) is 0.765. The van der Waals surface area contributed by atoms with Crippen molar-refractivity contribution in [2.24, 2.45) is 5.92 Å². The summed E-state index contributed by atoms with van der Waals surface area (Å²) in [6.45, 7) is 3.62. The molecule has 6 heteroatoms. The third-order valence-electron chi connectivity index (χ3n) is 4.20. The molecule has 0 saturated heterocycles. The molecule has 2 aliphatic rings. The van der Waals surface area contributed by atoms with Gasteiger partial charge in [0.05, 0.1) is 6.04 Å². The first kappa shape index (κ1) is 14.8. The number of amides is 2. The molecule has 0 spiro atoms. The quantitative estimate of drug-likeness (QED) is 0.812. The van der Waals surface area contributed by atoms with Gasteiger partial charge in [0.2, 0.25) is 0 Å². The predicted octanol–water partition coefficient (Wildman–Crippen LogP) is 2.30.